The smallest absolute Gasteiger partial charge is 0.319 e. The van der Waals surface area contributed by atoms with Crippen LogP contribution in [0.2, 0.25) is 0 Å². The van der Waals surface area contributed by atoms with Gasteiger partial charge in [0.15, 0.2) is 0 Å². The molecule has 1 saturated heterocycles. The van der Waals surface area contributed by atoms with Crippen molar-refractivity contribution in [3.63, 3.8) is 0 Å². The second-order valence-corrected chi connectivity index (χ2v) is 5.67. The van der Waals surface area contributed by atoms with Gasteiger partial charge in [0.05, 0.1) is 11.6 Å². The molecule has 1 fully saturated rings. The second-order valence-electron chi connectivity index (χ2n) is 5.67. The summed E-state index contributed by atoms with van der Waals surface area (Å²) in [5.74, 6) is 0. The summed E-state index contributed by atoms with van der Waals surface area (Å²) in [5, 5.41) is 5.84. The number of ether oxygens (including phenoxy) is 1. The molecule has 3 atom stereocenters. The van der Waals surface area contributed by atoms with Gasteiger partial charge in [0.1, 0.15) is 0 Å². The van der Waals surface area contributed by atoms with E-state index in [4.69, 9.17) is 10.5 Å². The van der Waals surface area contributed by atoms with Gasteiger partial charge < -0.3 is 21.1 Å². The van der Waals surface area contributed by atoms with Gasteiger partial charge in [0, 0.05) is 18.3 Å². The molecule has 4 N–H and O–H groups in total. The Morgan fingerprint density at radius 3 is 2.90 bits per heavy atom. The van der Waals surface area contributed by atoms with Crippen molar-refractivity contribution in [2.24, 2.45) is 5.73 Å². The van der Waals surface area contributed by atoms with Crippen LogP contribution in [-0.2, 0) is 4.74 Å². The molecule has 1 aromatic carbocycles. The molecule has 1 aliphatic rings. The van der Waals surface area contributed by atoms with E-state index in [9.17, 15) is 4.79 Å². The number of urea groups is 1. The number of carbonyl (C=O) groups is 1. The van der Waals surface area contributed by atoms with Gasteiger partial charge in [-0.2, -0.15) is 0 Å². The minimum Gasteiger partial charge on any atom is -0.376 e. The Morgan fingerprint density at radius 2 is 2.30 bits per heavy atom. The van der Waals surface area contributed by atoms with Gasteiger partial charge in [0.25, 0.3) is 0 Å². The maximum absolute atomic E-state index is 12.1. The molecule has 2 amide bonds. The van der Waals surface area contributed by atoms with Gasteiger partial charge in [0.2, 0.25) is 0 Å². The van der Waals surface area contributed by atoms with Crippen molar-refractivity contribution in [2.75, 3.05) is 11.9 Å². The molecule has 5 heteroatoms. The van der Waals surface area contributed by atoms with Crippen molar-refractivity contribution in [1.29, 1.82) is 0 Å². The quantitative estimate of drug-likeness (QED) is 0.794. The Labute approximate surface area is 119 Å². The van der Waals surface area contributed by atoms with Crippen LogP contribution in [-0.4, -0.2) is 24.3 Å². The molecule has 5 nitrogen and oxygen atoms in total. The average molecular weight is 277 g/mol. The van der Waals surface area contributed by atoms with E-state index in [0.29, 0.717) is 6.61 Å². The van der Waals surface area contributed by atoms with Crippen LogP contribution in [0.4, 0.5) is 10.5 Å². The first-order valence-electron chi connectivity index (χ1n) is 6.97. The fourth-order valence-electron chi connectivity index (χ4n) is 2.32. The number of rotatable bonds is 3. The average Bonchev–Trinajstić information content (AvgIpc) is 2.69. The number of amides is 2. The van der Waals surface area contributed by atoms with Crippen LogP contribution >= 0.6 is 0 Å². The molecule has 1 aromatic rings. The molecule has 1 aliphatic heterocycles. The van der Waals surface area contributed by atoms with E-state index >= 15 is 0 Å². The normalized spacial score (nSPS) is 27.1. The Kier molecular flexibility index (Phi) is 4.30. The highest BCUT2D eigenvalue weighted by molar-refractivity contribution is 5.89. The van der Waals surface area contributed by atoms with E-state index in [2.05, 4.69) is 10.6 Å². The molecule has 110 valence electrons. The van der Waals surface area contributed by atoms with E-state index in [1.54, 1.807) is 0 Å². The van der Waals surface area contributed by atoms with E-state index < -0.39 is 0 Å². The number of benzene rings is 1. The summed E-state index contributed by atoms with van der Waals surface area (Å²) >= 11 is 0. The maximum Gasteiger partial charge on any atom is 0.319 e. The Morgan fingerprint density at radius 1 is 1.55 bits per heavy atom. The first-order chi connectivity index (χ1) is 9.40. The zero-order valence-corrected chi connectivity index (χ0v) is 12.3. The molecule has 1 heterocycles. The van der Waals surface area contributed by atoms with Crippen LogP contribution in [0.5, 0.6) is 0 Å². The summed E-state index contributed by atoms with van der Waals surface area (Å²) in [7, 11) is 0. The number of anilines is 1. The third-order valence-corrected chi connectivity index (χ3v) is 3.96. The third-order valence-electron chi connectivity index (χ3n) is 3.96. The molecule has 0 aromatic heterocycles. The van der Waals surface area contributed by atoms with Crippen molar-refractivity contribution in [3.05, 3.63) is 29.8 Å². The number of carbonyl (C=O) groups excluding carboxylic acids is 1. The van der Waals surface area contributed by atoms with Gasteiger partial charge in [-0.3, -0.25) is 0 Å². The van der Waals surface area contributed by atoms with Gasteiger partial charge in [-0.25, -0.2) is 4.79 Å². The Balaban J connectivity index is 1.99. The van der Waals surface area contributed by atoms with Crippen molar-refractivity contribution in [2.45, 2.75) is 44.9 Å². The molecule has 0 radical (unpaired) electrons. The molecule has 3 unspecified atom stereocenters. The van der Waals surface area contributed by atoms with E-state index in [1.165, 1.54) is 0 Å². The molecule has 0 bridgehead atoms. The molecule has 0 aliphatic carbocycles. The van der Waals surface area contributed by atoms with Crippen LogP contribution in [0, 0.1) is 0 Å². The summed E-state index contributed by atoms with van der Waals surface area (Å²) in [6.45, 7) is 6.57. The van der Waals surface area contributed by atoms with Crippen LogP contribution in [0.3, 0.4) is 0 Å². The standard InChI is InChI=1S/C15H23N3O2/c1-10(16)12-5-4-6-13(9-12)17-14(19)18-15(3)7-8-20-11(15)2/h4-6,9-11H,7-8,16H2,1-3H3,(H2,17,18,19). The molecule has 0 saturated carbocycles. The summed E-state index contributed by atoms with van der Waals surface area (Å²) in [4.78, 5) is 12.1. The van der Waals surface area contributed by atoms with Crippen molar-refractivity contribution < 1.29 is 9.53 Å². The van der Waals surface area contributed by atoms with Gasteiger partial charge >= 0.3 is 6.03 Å². The highest BCUT2D eigenvalue weighted by atomic mass is 16.5. The SMILES string of the molecule is CC(N)c1cccc(NC(=O)NC2(C)CCOC2C)c1. The topological polar surface area (TPSA) is 76.4 Å². The van der Waals surface area contributed by atoms with E-state index in [0.717, 1.165) is 17.7 Å². The van der Waals surface area contributed by atoms with Crippen LogP contribution < -0.4 is 16.4 Å². The zero-order valence-electron chi connectivity index (χ0n) is 12.3. The molecule has 0 spiro atoms. The summed E-state index contributed by atoms with van der Waals surface area (Å²) in [6.07, 6.45) is 0.838. The van der Waals surface area contributed by atoms with E-state index in [-0.39, 0.29) is 23.7 Å². The van der Waals surface area contributed by atoms with Crippen LogP contribution in [0.1, 0.15) is 38.8 Å². The van der Waals surface area contributed by atoms with Crippen molar-refractivity contribution in [3.8, 4) is 0 Å². The fourth-order valence-corrected chi connectivity index (χ4v) is 2.32. The largest absolute Gasteiger partial charge is 0.376 e. The zero-order chi connectivity index (χ0) is 14.8. The summed E-state index contributed by atoms with van der Waals surface area (Å²) < 4.78 is 5.51. The first kappa shape index (κ1) is 14.8. The van der Waals surface area contributed by atoms with Crippen molar-refractivity contribution in [1.82, 2.24) is 5.32 Å². The number of nitrogens with two attached hydrogens (primary N) is 1. The minimum absolute atomic E-state index is 0.0173. The monoisotopic (exact) mass is 277 g/mol. The summed E-state index contributed by atoms with van der Waals surface area (Å²) in [5.41, 5.74) is 7.26. The predicted molar refractivity (Wildman–Crippen MR) is 79.6 cm³/mol. The number of nitrogens with one attached hydrogen (secondary N) is 2. The van der Waals surface area contributed by atoms with Crippen molar-refractivity contribution >= 4 is 11.7 Å². The van der Waals surface area contributed by atoms with E-state index in [1.807, 2.05) is 45.0 Å². The molecular formula is C15H23N3O2. The lowest BCUT2D eigenvalue weighted by Gasteiger charge is -2.28. The highest BCUT2D eigenvalue weighted by Gasteiger charge is 2.38. The molecular weight excluding hydrogens is 254 g/mol. The maximum atomic E-state index is 12.1. The van der Waals surface area contributed by atoms with Gasteiger partial charge in [-0.05, 0) is 44.9 Å². The number of hydrogen-bond donors (Lipinski definition) is 3. The van der Waals surface area contributed by atoms with Gasteiger partial charge in [-0.15, -0.1) is 0 Å². The predicted octanol–water partition coefficient (Wildman–Crippen LogP) is 2.40. The third kappa shape index (κ3) is 3.29. The lowest BCUT2D eigenvalue weighted by atomic mass is 9.95. The first-order valence-corrected chi connectivity index (χ1v) is 6.97. The number of hydrogen-bond acceptors (Lipinski definition) is 3. The highest BCUT2D eigenvalue weighted by Crippen LogP contribution is 2.25. The fraction of sp³-hybridized carbons (Fsp3) is 0.533. The minimum atomic E-state index is -0.317. The molecule has 2 rings (SSSR count). The lowest BCUT2D eigenvalue weighted by molar-refractivity contribution is 0.0920. The Hall–Kier alpha value is -1.59. The Bertz CT molecular complexity index is 490. The van der Waals surface area contributed by atoms with Crippen LogP contribution in [0.15, 0.2) is 24.3 Å². The summed E-state index contributed by atoms with van der Waals surface area (Å²) in [6, 6.07) is 7.30. The molecule has 20 heavy (non-hydrogen) atoms. The second kappa shape index (κ2) is 5.81. The van der Waals surface area contributed by atoms with Crippen LogP contribution in [0.25, 0.3) is 0 Å². The lowest BCUT2D eigenvalue weighted by Crippen LogP contribution is -2.52. The van der Waals surface area contributed by atoms with Gasteiger partial charge in [-0.1, -0.05) is 12.1 Å².